The molecule has 1 amide bonds. The summed E-state index contributed by atoms with van der Waals surface area (Å²) in [6.07, 6.45) is 2.70. The van der Waals surface area contributed by atoms with Gasteiger partial charge < -0.3 is 15.1 Å². The van der Waals surface area contributed by atoms with Crippen LogP contribution in [0.25, 0.3) is 0 Å². The molecule has 0 radical (unpaired) electrons. The monoisotopic (exact) mass is 345 g/mol. The van der Waals surface area contributed by atoms with Crippen LogP contribution in [-0.4, -0.2) is 32.6 Å². The average molecular weight is 346 g/mol. The lowest BCUT2D eigenvalue weighted by atomic mass is 10.2. The first-order chi connectivity index (χ1) is 11.7. The Morgan fingerprint density at radius 2 is 1.96 bits per heavy atom. The Balaban J connectivity index is 1.45. The zero-order chi connectivity index (χ0) is 16.8. The van der Waals surface area contributed by atoms with E-state index in [-0.39, 0.29) is 5.91 Å². The van der Waals surface area contributed by atoms with E-state index in [9.17, 15) is 4.79 Å². The Morgan fingerprint density at radius 3 is 2.62 bits per heavy atom. The topological polar surface area (TPSA) is 38.0 Å². The van der Waals surface area contributed by atoms with Crippen LogP contribution in [0.3, 0.4) is 0 Å². The molecule has 3 N–H and O–H groups in total. The Bertz CT molecular complexity index is 633. The second-order valence-electron chi connectivity index (χ2n) is 6.77. The molecule has 1 fully saturated rings. The highest BCUT2D eigenvalue weighted by molar-refractivity contribution is 7.09. The third kappa shape index (κ3) is 5.16. The fourth-order valence-corrected chi connectivity index (χ4v) is 4.12. The van der Waals surface area contributed by atoms with E-state index in [4.69, 9.17) is 0 Å². The number of rotatable bonds is 7. The fourth-order valence-electron chi connectivity index (χ4n) is 3.30. The lowest BCUT2D eigenvalue weighted by molar-refractivity contribution is -0.901. The second kappa shape index (κ2) is 8.42. The van der Waals surface area contributed by atoms with Gasteiger partial charge in [-0.1, -0.05) is 18.2 Å². The third-order valence-electron chi connectivity index (χ3n) is 4.52. The van der Waals surface area contributed by atoms with Crippen LogP contribution in [0.5, 0.6) is 0 Å². The highest BCUT2D eigenvalue weighted by atomic mass is 32.1. The van der Waals surface area contributed by atoms with Crippen LogP contribution in [0.2, 0.25) is 0 Å². The van der Waals surface area contributed by atoms with Crippen molar-refractivity contribution in [2.24, 2.45) is 0 Å². The summed E-state index contributed by atoms with van der Waals surface area (Å²) in [7, 11) is 2.06. The van der Waals surface area contributed by atoms with E-state index in [0.717, 1.165) is 18.8 Å². The van der Waals surface area contributed by atoms with Gasteiger partial charge in [0, 0.05) is 24.1 Å². The number of quaternary nitrogens is 2. The van der Waals surface area contributed by atoms with Crippen molar-refractivity contribution in [3.63, 3.8) is 0 Å². The molecular formula is C19H27N3OS+2. The molecule has 2 heterocycles. The fraction of sp³-hybridized carbons (Fsp3) is 0.421. The Hall–Kier alpha value is -1.69. The first-order valence-electron chi connectivity index (χ1n) is 8.75. The summed E-state index contributed by atoms with van der Waals surface area (Å²) in [6.45, 7) is 5.05. The van der Waals surface area contributed by atoms with Crippen LogP contribution >= 0.6 is 11.3 Å². The first kappa shape index (κ1) is 17.1. The molecule has 3 rings (SSSR count). The lowest BCUT2D eigenvalue weighted by Crippen LogP contribution is -3.08. The van der Waals surface area contributed by atoms with Crippen molar-refractivity contribution in [3.05, 3.63) is 52.2 Å². The zero-order valence-corrected chi connectivity index (χ0v) is 15.1. The summed E-state index contributed by atoms with van der Waals surface area (Å²) < 4.78 is 0. The molecule has 1 aromatic carbocycles. The van der Waals surface area contributed by atoms with E-state index >= 15 is 0 Å². The van der Waals surface area contributed by atoms with Crippen molar-refractivity contribution in [2.75, 3.05) is 32.0 Å². The predicted molar refractivity (Wildman–Crippen MR) is 98.5 cm³/mol. The number of anilines is 1. The number of hydrogen-bond donors (Lipinski definition) is 3. The van der Waals surface area contributed by atoms with E-state index in [1.165, 1.54) is 41.3 Å². The number of benzene rings is 1. The minimum atomic E-state index is 0.0713. The van der Waals surface area contributed by atoms with E-state index in [1.54, 1.807) is 16.2 Å². The van der Waals surface area contributed by atoms with Crippen LogP contribution in [0.15, 0.2) is 41.8 Å². The quantitative estimate of drug-likeness (QED) is 0.675. The van der Waals surface area contributed by atoms with Gasteiger partial charge in [-0.3, -0.25) is 4.79 Å². The number of amides is 1. The molecule has 4 nitrogen and oxygen atoms in total. The van der Waals surface area contributed by atoms with Gasteiger partial charge in [0.2, 0.25) is 0 Å². The predicted octanol–water partition coefficient (Wildman–Crippen LogP) is 0.580. The molecule has 128 valence electrons. The Kier molecular flexibility index (Phi) is 6.01. The summed E-state index contributed by atoms with van der Waals surface area (Å²) in [5, 5.41) is 5.09. The maximum atomic E-state index is 12.2. The van der Waals surface area contributed by atoms with Crippen LogP contribution in [0, 0.1) is 0 Å². The van der Waals surface area contributed by atoms with E-state index in [0.29, 0.717) is 6.54 Å². The van der Waals surface area contributed by atoms with Gasteiger partial charge in [0.1, 0.15) is 13.1 Å². The molecule has 0 aliphatic carbocycles. The van der Waals surface area contributed by atoms with E-state index in [1.807, 2.05) is 12.1 Å². The van der Waals surface area contributed by atoms with Gasteiger partial charge in [0.15, 0.2) is 6.54 Å². The van der Waals surface area contributed by atoms with Gasteiger partial charge in [-0.05, 0) is 23.6 Å². The number of hydrogen-bond acceptors (Lipinski definition) is 2. The molecule has 1 saturated heterocycles. The molecule has 5 heteroatoms. The summed E-state index contributed by atoms with van der Waals surface area (Å²) in [5.41, 5.74) is 2.24. The third-order valence-corrected chi connectivity index (χ3v) is 5.40. The number of likely N-dealkylation sites (N-methyl/N-ethyl adjacent to an activating group) is 1. The highest BCUT2D eigenvalue weighted by Crippen LogP contribution is 2.09. The van der Waals surface area contributed by atoms with Crippen molar-refractivity contribution in [2.45, 2.75) is 25.9 Å². The minimum absolute atomic E-state index is 0.0713. The molecule has 1 aromatic heterocycles. The standard InChI is InChI=1S/C19H25N3OS/c1-21(14-18-5-4-12-24-18)15-19(23)20-17-8-6-16(7-9-17)13-22-10-2-3-11-22/h4-9,12H,2-3,10-11,13-15H2,1H3,(H,20,23)/p+2. The van der Waals surface area contributed by atoms with Gasteiger partial charge in [0.05, 0.1) is 25.0 Å². The molecule has 1 aliphatic rings. The van der Waals surface area contributed by atoms with Crippen molar-refractivity contribution < 1.29 is 14.6 Å². The molecule has 0 spiro atoms. The molecule has 0 bridgehead atoms. The van der Waals surface area contributed by atoms with Gasteiger partial charge in [0.25, 0.3) is 5.91 Å². The normalized spacial score (nSPS) is 16.2. The molecule has 1 atom stereocenters. The summed E-state index contributed by atoms with van der Waals surface area (Å²) >= 11 is 1.74. The first-order valence-corrected chi connectivity index (χ1v) is 9.63. The van der Waals surface area contributed by atoms with Crippen LogP contribution < -0.4 is 15.1 Å². The van der Waals surface area contributed by atoms with Crippen molar-refractivity contribution in [1.29, 1.82) is 0 Å². The highest BCUT2D eigenvalue weighted by Gasteiger charge is 2.15. The smallest absolute Gasteiger partial charge is 0.279 e. The van der Waals surface area contributed by atoms with Gasteiger partial charge in [-0.2, -0.15) is 0 Å². The van der Waals surface area contributed by atoms with Crippen LogP contribution in [0.4, 0.5) is 5.69 Å². The summed E-state index contributed by atoms with van der Waals surface area (Å²) in [4.78, 5) is 16.4. The number of nitrogens with one attached hydrogen (secondary N) is 3. The lowest BCUT2D eigenvalue weighted by Gasteiger charge is -2.14. The SMILES string of the molecule is C[NH+](CC(=O)Nc1ccc(C[NH+]2CCCC2)cc1)Cc1cccs1. The maximum absolute atomic E-state index is 12.2. The second-order valence-corrected chi connectivity index (χ2v) is 7.80. The van der Waals surface area contributed by atoms with Gasteiger partial charge in [-0.15, -0.1) is 11.3 Å². The Morgan fingerprint density at radius 1 is 1.21 bits per heavy atom. The summed E-state index contributed by atoms with van der Waals surface area (Å²) in [6, 6.07) is 12.5. The number of likely N-dealkylation sites (tertiary alicyclic amines) is 1. The maximum Gasteiger partial charge on any atom is 0.279 e. The average Bonchev–Trinajstić information content (AvgIpc) is 3.23. The molecule has 0 saturated carbocycles. The van der Waals surface area contributed by atoms with Crippen molar-refractivity contribution in [1.82, 2.24) is 0 Å². The van der Waals surface area contributed by atoms with Gasteiger partial charge in [-0.25, -0.2) is 0 Å². The largest absolute Gasteiger partial charge is 0.331 e. The van der Waals surface area contributed by atoms with Crippen molar-refractivity contribution in [3.8, 4) is 0 Å². The molecule has 24 heavy (non-hydrogen) atoms. The van der Waals surface area contributed by atoms with Crippen LogP contribution in [0.1, 0.15) is 23.3 Å². The Labute approximate surface area is 148 Å². The molecule has 2 aromatic rings. The van der Waals surface area contributed by atoms with E-state index in [2.05, 4.69) is 42.0 Å². The summed E-state index contributed by atoms with van der Waals surface area (Å²) in [5.74, 6) is 0.0713. The van der Waals surface area contributed by atoms with Gasteiger partial charge >= 0.3 is 0 Å². The van der Waals surface area contributed by atoms with Crippen LogP contribution in [-0.2, 0) is 17.9 Å². The molecular weight excluding hydrogens is 318 g/mol. The van der Waals surface area contributed by atoms with E-state index < -0.39 is 0 Å². The molecule has 1 aliphatic heterocycles. The number of carbonyl (C=O) groups is 1. The number of thiophene rings is 1. The molecule has 1 unspecified atom stereocenters. The minimum Gasteiger partial charge on any atom is -0.331 e. The number of carbonyl (C=O) groups excluding carboxylic acids is 1. The zero-order valence-electron chi connectivity index (χ0n) is 14.3. The van der Waals surface area contributed by atoms with Crippen molar-refractivity contribution >= 4 is 22.9 Å².